The lowest BCUT2D eigenvalue weighted by Gasteiger charge is -2.35. The van der Waals surface area contributed by atoms with Crippen molar-refractivity contribution in [1.82, 2.24) is 4.90 Å². The van der Waals surface area contributed by atoms with Crippen LogP contribution in [0.1, 0.15) is 19.3 Å². The van der Waals surface area contributed by atoms with Gasteiger partial charge in [-0.2, -0.15) is 0 Å². The van der Waals surface area contributed by atoms with Gasteiger partial charge in [0, 0.05) is 31.9 Å². The predicted octanol–water partition coefficient (Wildman–Crippen LogP) is 1.74. The Morgan fingerprint density at radius 2 is 1.50 bits per heavy atom. The van der Waals surface area contributed by atoms with Crippen LogP contribution >= 0.6 is 11.3 Å². The van der Waals surface area contributed by atoms with Crippen molar-refractivity contribution in [2.24, 2.45) is 5.90 Å². The first-order chi connectivity index (χ1) is 11.6. The predicted molar refractivity (Wildman–Crippen MR) is 91.8 cm³/mol. The molecule has 7 nitrogen and oxygen atoms in total. The average molecular weight is 349 g/mol. The SMILES string of the molecule is NO.O=C(O)c1ccc(C(=O)N2CCN(c3ccccc3)CC2)s1. The number of carbonyl (C=O) groups excluding carboxylic acids is 1. The van der Waals surface area contributed by atoms with Crippen LogP contribution in [0.5, 0.6) is 0 Å². The molecule has 1 aliphatic rings. The summed E-state index contributed by atoms with van der Waals surface area (Å²) in [5, 5.41) is 15.4. The summed E-state index contributed by atoms with van der Waals surface area (Å²) in [6.07, 6.45) is 0. The smallest absolute Gasteiger partial charge is 0.345 e. The fraction of sp³-hybridized carbons (Fsp3) is 0.250. The summed E-state index contributed by atoms with van der Waals surface area (Å²) < 4.78 is 0. The molecule has 3 rings (SSSR count). The van der Waals surface area contributed by atoms with Gasteiger partial charge in [-0.05, 0) is 24.3 Å². The minimum absolute atomic E-state index is 0.0785. The van der Waals surface area contributed by atoms with Gasteiger partial charge in [0.2, 0.25) is 0 Å². The van der Waals surface area contributed by atoms with Gasteiger partial charge in [-0.15, -0.1) is 11.3 Å². The Labute approximate surface area is 143 Å². The molecule has 0 radical (unpaired) electrons. The summed E-state index contributed by atoms with van der Waals surface area (Å²) in [5.74, 6) is 2.43. The summed E-state index contributed by atoms with van der Waals surface area (Å²) in [7, 11) is 0. The summed E-state index contributed by atoms with van der Waals surface area (Å²) in [4.78, 5) is 28.0. The summed E-state index contributed by atoms with van der Waals surface area (Å²) in [6, 6.07) is 13.2. The number of anilines is 1. The quantitative estimate of drug-likeness (QED) is 0.729. The molecular formula is C16H19N3O4S. The van der Waals surface area contributed by atoms with Gasteiger partial charge >= 0.3 is 5.97 Å². The van der Waals surface area contributed by atoms with Crippen molar-refractivity contribution in [3.8, 4) is 0 Å². The first kappa shape index (κ1) is 17.9. The molecule has 2 heterocycles. The molecule has 0 spiro atoms. The van der Waals surface area contributed by atoms with Gasteiger partial charge in [-0.3, -0.25) is 4.79 Å². The minimum atomic E-state index is -0.988. The highest BCUT2D eigenvalue weighted by Gasteiger charge is 2.23. The minimum Gasteiger partial charge on any atom is -0.477 e. The van der Waals surface area contributed by atoms with E-state index in [1.54, 1.807) is 11.0 Å². The number of nitrogens with two attached hydrogens (primary N) is 1. The molecule has 1 aromatic heterocycles. The lowest BCUT2D eigenvalue weighted by atomic mass is 10.2. The van der Waals surface area contributed by atoms with Gasteiger partial charge in [0.05, 0.1) is 4.88 Å². The lowest BCUT2D eigenvalue weighted by Crippen LogP contribution is -2.48. The monoisotopic (exact) mass is 349 g/mol. The molecule has 1 fully saturated rings. The number of piperazine rings is 1. The van der Waals surface area contributed by atoms with Crippen LogP contribution in [0.4, 0.5) is 5.69 Å². The fourth-order valence-corrected chi connectivity index (χ4v) is 3.34. The van der Waals surface area contributed by atoms with E-state index in [1.807, 2.05) is 18.2 Å². The van der Waals surface area contributed by atoms with Gasteiger partial charge in [0.15, 0.2) is 0 Å². The van der Waals surface area contributed by atoms with E-state index in [0.717, 1.165) is 24.4 Å². The van der Waals surface area contributed by atoms with Crippen molar-refractivity contribution in [1.29, 1.82) is 0 Å². The number of carbonyl (C=O) groups is 2. The van der Waals surface area contributed by atoms with E-state index in [2.05, 4.69) is 22.9 Å². The van der Waals surface area contributed by atoms with Crippen molar-refractivity contribution in [2.45, 2.75) is 0 Å². The van der Waals surface area contributed by atoms with E-state index < -0.39 is 5.97 Å². The van der Waals surface area contributed by atoms with Crippen molar-refractivity contribution < 1.29 is 19.9 Å². The molecule has 4 N–H and O–H groups in total. The van der Waals surface area contributed by atoms with E-state index in [-0.39, 0.29) is 10.8 Å². The highest BCUT2D eigenvalue weighted by Crippen LogP contribution is 2.21. The molecule has 8 heteroatoms. The van der Waals surface area contributed by atoms with Crippen LogP contribution in [-0.4, -0.2) is 53.3 Å². The third-order valence-electron chi connectivity index (χ3n) is 3.72. The number of benzene rings is 1. The van der Waals surface area contributed by atoms with Crippen LogP contribution in [0.3, 0.4) is 0 Å². The summed E-state index contributed by atoms with van der Waals surface area (Å²) >= 11 is 1.04. The second-order valence-corrected chi connectivity index (χ2v) is 6.17. The van der Waals surface area contributed by atoms with Gasteiger partial charge in [0.1, 0.15) is 4.88 Å². The zero-order chi connectivity index (χ0) is 17.5. The lowest BCUT2D eigenvalue weighted by molar-refractivity contribution is 0.0701. The number of thiophene rings is 1. The Bertz CT molecular complexity index is 682. The number of para-hydroxylation sites is 1. The highest BCUT2D eigenvalue weighted by molar-refractivity contribution is 7.15. The van der Waals surface area contributed by atoms with Crippen molar-refractivity contribution in [2.75, 3.05) is 31.1 Å². The Morgan fingerprint density at radius 3 is 2.04 bits per heavy atom. The number of carboxylic acids is 1. The molecule has 24 heavy (non-hydrogen) atoms. The second kappa shape index (κ2) is 8.44. The van der Waals surface area contributed by atoms with Crippen LogP contribution in [0.15, 0.2) is 42.5 Å². The summed E-state index contributed by atoms with van der Waals surface area (Å²) in [5.41, 5.74) is 1.17. The number of nitrogens with zero attached hydrogens (tertiary/aromatic N) is 2. The third-order valence-corrected chi connectivity index (χ3v) is 4.78. The number of hydrogen-bond donors (Lipinski definition) is 3. The standard InChI is InChI=1S/C16H16N2O3S.H3NO/c19-15(13-6-7-14(22-13)16(20)21)18-10-8-17(9-11-18)12-4-2-1-3-5-12;1-2/h1-7H,8-11H2,(H,20,21);2H,1H2. The summed E-state index contributed by atoms with van der Waals surface area (Å²) in [6.45, 7) is 2.86. The number of amides is 1. The largest absolute Gasteiger partial charge is 0.477 e. The zero-order valence-electron chi connectivity index (χ0n) is 13.0. The van der Waals surface area contributed by atoms with Crippen molar-refractivity contribution >= 4 is 28.9 Å². The van der Waals surface area contributed by atoms with E-state index in [4.69, 9.17) is 10.3 Å². The molecule has 0 aliphatic carbocycles. The van der Waals surface area contributed by atoms with Crippen molar-refractivity contribution in [3.05, 3.63) is 52.2 Å². The molecule has 2 aromatic rings. The zero-order valence-corrected chi connectivity index (χ0v) is 13.8. The Morgan fingerprint density at radius 1 is 0.917 bits per heavy atom. The maximum atomic E-state index is 12.4. The van der Waals surface area contributed by atoms with Crippen LogP contribution in [-0.2, 0) is 0 Å². The highest BCUT2D eigenvalue weighted by atomic mass is 32.1. The second-order valence-electron chi connectivity index (χ2n) is 5.08. The molecule has 0 unspecified atom stereocenters. The number of aromatic carboxylic acids is 1. The van der Waals surface area contributed by atoms with Crippen LogP contribution in [0.2, 0.25) is 0 Å². The fourth-order valence-electron chi connectivity index (χ4n) is 2.53. The van der Waals surface area contributed by atoms with Crippen LogP contribution in [0, 0.1) is 0 Å². The van der Waals surface area contributed by atoms with Gasteiger partial charge in [-0.25, -0.2) is 10.7 Å². The third kappa shape index (κ3) is 4.10. The number of carboxylic acid groups (broad SMARTS) is 1. The average Bonchev–Trinajstić information content (AvgIpc) is 3.14. The molecule has 1 saturated heterocycles. The van der Waals surface area contributed by atoms with Crippen LogP contribution in [0.25, 0.3) is 0 Å². The first-order valence-electron chi connectivity index (χ1n) is 7.33. The van der Waals surface area contributed by atoms with Gasteiger partial charge in [-0.1, -0.05) is 18.2 Å². The maximum Gasteiger partial charge on any atom is 0.345 e. The van der Waals surface area contributed by atoms with Gasteiger partial charge in [0.25, 0.3) is 5.91 Å². The molecular weight excluding hydrogens is 330 g/mol. The number of rotatable bonds is 3. The van der Waals surface area contributed by atoms with E-state index >= 15 is 0 Å². The van der Waals surface area contributed by atoms with Gasteiger partial charge < -0.3 is 20.1 Å². The normalized spacial score (nSPS) is 13.9. The first-order valence-corrected chi connectivity index (χ1v) is 8.15. The maximum absolute atomic E-state index is 12.4. The van der Waals surface area contributed by atoms with Crippen LogP contribution < -0.4 is 10.8 Å². The van der Waals surface area contributed by atoms with E-state index in [9.17, 15) is 9.59 Å². The molecule has 1 amide bonds. The Hall–Kier alpha value is -2.42. The van der Waals surface area contributed by atoms with E-state index in [1.165, 1.54) is 11.8 Å². The molecule has 1 aliphatic heterocycles. The molecule has 1 aromatic carbocycles. The molecule has 0 saturated carbocycles. The topological polar surface area (TPSA) is 107 Å². The molecule has 0 atom stereocenters. The van der Waals surface area contributed by atoms with Crippen molar-refractivity contribution in [3.63, 3.8) is 0 Å². The molecule has 128 valence electrons. The Balaban J connectivity index is 0.00000100. The number of hydrogen-bond acceptors (Lipinski definition) is 6. The molecule has 0 bridgehead atoms. The van der Waals surface area contributed by atoms with E-state index in [0.29, 0.717) is 18.0 Å². The Kier molecular flexibility index (Phi) is 6.30.